The Morgan fingerprint density at radius 3 is 2.48 bits per heavy atom. The molecule has 0 radical (unpaired) electrons. The molecule has 1 unspecified atom stereocenters. The van der Waals surface area contributed by atoms with Gasteiger partial charge in [-0.3, -0.25) is 4.79 Å². The second kappa shape index (κ2) is 7.76. The fraction of sp³-hybridized carbons (Fsp3) is 0.591. The molecule has 2 fully saturated rings. The van der Waals surface area contributed by atoms with Gasteiger partial charge in [-0.25, -0.2) is 8.42 Å². The number of fused-ring (bicyclic) bond motifs is 1. The minimum Gasteiger partial charge on any atom is -0.350 e. The number of H-pyrrole nitrogens is 1. The van der Waals surface area contributed by atoms with Crippen LogP contribution >= 0.6 is 0 Å². The van der Waals surface area contributed by atoms with Gasteiger partial charge in [0.2, 0.25) is 10.0 Å². The van der Waals surface area contributed by atoms with E-state index in [1.807, 2.05) is 11.8 Å². The molecular weight excluding hydrogens is 386 g/mol. The molecule has 1 aromatic heterocycles. The van der Waals surface area contributed by atoms with Gasteiger partial charge in [-0.15, -0.1) is 0 Å². The first kappa shape index (κ1) is 20.4. The van der Waals surface area contributed by atoms with E-state index in [0.717, 1.165) is 55.1 Å². The second-order valence-corrected chi connectivity index (χ2v) is 10.7. The van der Waals surface area contributed by atoms with Gasteiger partial charge in [-0.2, -0.15) is 4.31 Å². The Hall–Kier alpha value is -1.86. The number of nitrogens with zero attached hydrogens (tertiary/aromatic N) is 2. The van der Waals surface area contributed by atoms with Gasteiger partial charge < -0.3 is 9.88 Å². The lowest BCUT2D eigenvalue weighted by Crippen LogP contribution is -2.42. The van der Waals surface area contributed by atoms with Crippen LogP contribution in [0, 0.1) is 12.8 Å². The van der Waals surface area contributed by atoms with Crippen LogP contribution in [0.25, 0.3) is 10.9 Å². The molecule has 1 amide bonds. The summed E-state index contributed by atoms with van der Waals surface area (Å²) in [5.41, 5.74) is 2.21. The first-order chi connectivity index (χ1) is 13.8. The summed E-state index contributed by atoms with van der Waals surface area (Å²) >= 11 is 0. The summed E-state index contributed by atoms with van der Waals surface area (Å²) in [7, 11) is -3.51. The minimum absolute atomic E-state index is 0.0142. The normalized spacial score (nSPS) is 22.3. The van der Waals surface area contributed by atoms with Crippen molar-refractivity contribution in [3.8, 4) is 0 Å². The number of carbonyl (C=O) groups excluding carboxylic acids is 1. The molecule has 1 atom stereocenters. The first-order valence-corrected chi connectivity index (χ1v) is 12.2. The van der Waals surface area contributed by atoms with Gasteiger partial charge >= 0.3 is 0 Å². The topological polar surface area (TPSA) is 73.5 Å². The number of hydrogen-bond donors (Lipinski definition) is 1. The monoisotopic (exact) mass is 417 g/mol. The number of aryl methyl sites for hydroxylation is 1. The molecule has 2 aromatic rings. The molecule has 0 saturated carbocycles. The summed E-state index contributed by atoms with van der Waals surface area (Å²) in [6.45, 7) is 8.09. The third-order valence-electron chi connectivity index (χ3n) is 6.69. The third kappa shape index (κ3) is 3.70. The highest BCUT2D eigenvalue weighted by Crippen LogP contribution is 2.30. The van der Waals surface area contributed by atoms with Crippen molar-refractivity contribution in [3.63, 3.8) is 0 Å². The summed E-state index contributed by atoms with van der Waals surface area (Å²) < 4.78 is 27.8. The van der Waals surface area contributed by atoms with Crippen LogP contribution in [0.4, 0.5) is 0 Å². The van der Waals surface area contributed by atoms with Gasteiger partial charge in [-0.1, -0.05) is 6.92 Å². The molecule has 0 spiro atoms. The largest absolute Gasteiger partial charge is 0.350 e. The number of benzene rings is 1. The van der Waals surface area contributed by atoms with Crippen molar-refractivity contribution < 1.29 is 13.2 Å². The maximum Gasteiger partial charge on any atom is 0.270 e. The van der Waals surface area contributed by atoms with Crippen LogP contribution in [0.5, 0.6) is 0 Å². The Labute approximate surface area is 173 Å². The van der Waals surface area contributed by atoms with Gasteiger partial charge in [0.25, 0.3) is 5.91 Å². The van der Waals surface area contributed by atoms with Gasteiger partial charge in [0, 0.05) is 36.6 Å². The van der Waals surface area contributed by atoms with Crippen molar-refractivity contribution in [1.29, 1.82) is 0 Å². The quantitative estimate of drug-likeness (QED) is 0.823. The summed E-state index contributed by atoms with van der Waals surface area (Å²) in [6, 6.07) is 5.41. The van der Waals surface area contributed by atoms with E-state index in [9.17, 15) is 13.2 Å². The fourth-order valence-electron chi connectivity index (χ4n) is 4.60. The summed E-state index contributed by atoms with van der Waals surface area (Å²) in [5.74, 6) is 0.585. The average Bonchev–Trinajstić information content (AvgIpc) is 3.04. The van der Waals surface area contributed by atoms with Crippen LogP contribution in [0.1, 0.15) is 62.0 Å². The lowest BCUT2D eigenvalue weighted by atomic mass is 10.0. The number of aromatic nitrogens is 1. The molecule has 2 aliphatic heterocycles. The number of rotatable bonds is 3. The van der Waals surface area contributed by atoms with Gasteiger partial charge in [0.15, 0.2) is 0 Å². The van der Waals surface area contributed by atoms with Crippen LogP contribution in [0.15, 0.2) is 23.1 Å². The number of aromatic amines is 1. The van der Waals surface area contributed by atoms with Crippen LogP contribution in [-0.4, -0.2) is 54.2 Å². The first-order valence-electron chi connectivity index (χ1n) is 10.7. The standard InChI is InChI=1S/C22H31N3O3S/c1-15-9-12-24(13-10-15)29(27,28)18-7-8-20-19(14-18)17(3)21(23-20)22(26)25-11-5-4-6-16(25)2/h7-8,14-16,23H,4-6,9-13H2,1-3H3. The highest BCUT2D eigenvalue weighted by Gasteiger charge is 2.30. The fourth-order valence-corrected chi connectivity index (χ4v) is 6.09. The van der Waals surface area contributed by atoms with Gasteiger partial charge in [0.05, 0.1) is 4.90 Å². The smallest absolute Gasteiger partial charge is 0.270 e. The summed E-state index contributed by atoms with van der Waals surface area (Å²) in [5, 5.41) is 0.810. The Morgan fingerprint density at radius 2 is 1.79 bits per heavy atom. The average molecular weight is 418 g/mol. The van der Waals surface area contributed by atoms with E-state index in [4.69, 9.17) is 0 Å². The molecule has 0 bridgehead atoms. The molecule has 7 heteroatoms. The van der Waals surface area contributed by atoms with E-state index in [1.54, 1.807) is 22.5 Å². The summed E-state index contributed by atoms with van der Waals surface area (Å²) in [4.78, 5) is 18.6. The molecule has 1 aromatic carbocycles. The van der Waals surface area contributed by atoms with Crippen molar-refractivity contribution >= 4 is 26.8 Å². The molecular formula is C22H31N3O3S. The third-order valence-corrected chi connectivity index (χ3v) is 8.58. The zero-order valence-corrected chi connectivity index (χ0v) is 18.4. The van der Waals surface area contributed by atoms with Crippen molar-refractivity contribution in [2.24, 2.45) is 5.92 Å². The van der Waals surface area contributed by atoms with Crippen LogP contribution in [-0.2, 0) is 10.0 Å². The van der Waals surface area contributed by atoms with Gasteiger partial charge in [-0.05, 0) is 75.6 Å². The van der Waals surface area contributed by atoms with Crippen LogP contribution in [0.2, 0.25) is 0 Å². The van der Waals surface area contributed by atoms with Crippen molar-refractivity contribution in [2.45, 2.75) is 63.8 Å². The van der Waals surface area contributed by atoms with Gasteiger partial charge in [0.1, 0.15) is 5.69 Å². The van der Waals surface area contributed by atoms with E-state index in [0.29, 0.717) is 29.6 Å². The van der Waals surface area contributed by atoms with Crippen molar-refractivity contribution in [2.75, 3.05) is 19.6 Å². The molecule has 29 heavy (non-hydrogen) atoms. The molecule has 158 valence electrons. The highest BCUT2D eigenvalue weighted by molar-refractivity contribution is 7.89. The number of hydrogen-bond acceptors (Lipinski definition) is 3. The number of piperidine rings is 2. The summed E-state index contributed by atoms with van der Waals surface area (Å²) in [6.07, 6.45) is 5.02. The SMILES string of the molecule is Cc1c(C(=O)N2CCCCC2C)[nH]c2ccc(S(=O)(=O)N3CCC(C)CC3)cc12. The zero-order chi connectivity index (χ0) is 20.8. The Balaban J connectivity index is 1.66. The molecule has 3 heterocycles. The minimum atomic E-state index is -3.51. The number of carbonyl (C=O) groups is 1. The zero-order valence-electron chi connectivity index (χ0n) is 17.6. The highest BCUT2D eigenvalue weighted by atomic mass is 32.2. The van der Waals surface area contributed by atoms with Crippen LogP contribution < -0.4 is 0 Å². The number of likely N-dealkylation sites (tertiary alicyclic amines) is 1. The molecule has 6 nitrogen and oxygen atoms in total. The molecule has 2 aliphatic rings. The number of nitrogens with one attached hydrogen (secondary N) is 1. The predicted molar refractivity (Wildman–Crippen MR) is 115 cm³/mol. The van der Waals surface area contributed by atoms with E-state index >= 15 is 0 Å². The van der Waals surface area contributed by atoms with Crippen LogP contribution in [0.3, 0.4) is 0 Å². The predicted octanol–water partition coefficient (Wildman–Crippen LogP) is 3.91. The maximum atomic E-state index is 13.1. The van der Waals surface area contributed by atoms with E-state index < -0.39 is 10.0 Å². The number of amides is 1. The van der Waals surface area contributed by atoms with E-state index in [-0.39, 0.29) is 11.9 Å². The second-order valence-electron chi connectivity index (χ2n) is 8.76. The Morgan fingerprint density at radius 1 is 1.07 bits per heavy atom. The van der Waals surface area contributed by atoms with E-state index in [2.05, 4.69) is 18.8 Å². The number of sulfonamides is 1. The maximum absolute atomic E-state index is 13.1. The Kier molecular flexibility index (Phi) is 5.46. The molecule has 4 rings (SSSR count). The van der Waals surface area contributed by atoms with Crippen molar-refractivity contribution in [1.82, 2.24) is 14.2 Å². The van der Waals surface area contributed by atoms with Crippen molar-refractivity contribution in [3.05, 3.63) is 29.5 Å². The molecule has 0 aliphatic carbocycles. The lowest BCUT2D eigenvalue weighted by Gasteiger charge is -2.33. The molecule has 1 N–H and O–H groups in total. The lowest BCUT2D eigenvalue weighted by molar-refractivity contribution is 0.0629. The Bertz CT molecular complexity index is 1020. The van der Waals surface area contributed by atoms with E-state index in [1.165, 1.54) is 0 Å². The molecule has 2 saturated heterocycles.